The molecule has 1 fully saturated rings. The van der Waals surface area contributed by atoms with E-state index in [2.05, 4.69) is 20.8 Å². The molecule has 0 amide bonds. The van der Waals surface area contributed by atoms with Crippen LogP contribution in [-0.4, -0.2) is 18.8 Å². The van der Waals surface area contributed by atoms with E-state index in [1.165, 1.54) is 19.3 Å². The molecule has 0 saturated heterocycles. The molecular weight excluding hydrogens is 186 g/mol. The average Bonchev–Trinajstić information content (AvgIpc) is 1.98. The van der Waals surface area contributed by atoms with Gasteiger partial charge in [0.05, 0.1) is 6.10 Å². The van der Waals surface area contributed by atoms with Crippen molar-refractivity contribution in [3.05, 3.63) is 0 Å². The molecule has 3 atom stereocenters. The zero-order chi connectivity index (χ0) is 11.5. The molecule has 0 bridgehead atoms. The molecule has 0 radical (unpaired) electrons. The molecule has 1 saturated carbocycles. The van der Waals surface area contributed by atoms with Gasteiger partial charge in [-0.2, -0.15) is 0 Å². The van der Waals surface area contributed by atoms with Gasteiger partial charge in [-0.05, 0) is 43.9 Å². The Balaban J connectivity index is 2.29. The number of hydrogen-bond donors (Lipinski definition) is 1. The SMILES string of the molecule is CC(N)CCOC1CC(C)CC(C)(C)C1. The molecule has 0 aromatic heterocycles. The summed E-state index contributed by atoms with van der Waals surface area (Å²) in [6, 6.07) is 0.263. The van der Waals surface area contributed by atoms with Crippen molar-refractivity contribution in [3.8, 4) is 0 Å². The van der Waals surface area contributed by atoms with Gasteiger partial charge in [-0.1, -0.05) is 20.8 Å². The summed E-state index contributed by atoms with van der Waals surface area (Å²) in [4.78, 5) is 0. The highest BCUT2D eigenvalue weighted by Crippen LogP contribution is 2.39. The lowest BCUT2D eigenvalue weighted by Crippen LogP contribution is -2.33. The van der Waals surface area contributed by atoms with E-state index in [1.54, 1.807) is 0 Å². The molecule has 3 unspecified atom stereocenters. The molecule has 1 aliphatic carbocycles. The standard InChI is InChI=1S/C13H27NO/c1-10-7-12(9-13(3,4)8-10)15-6-5-11(2)14/h10-12H,5-9,14H2,1-4H3. The monoisotopic (exact) mass is 213 g/mol. The first-order valence-electron chi connectivity index (χ1n) is 6.26. The van der Waals surface area contributed by atoms with Gasteiger partial charge in [-0.25, -0.2) is 0 Å². The third-order valence-electron chi connectivity index (χ3n) is 3.27. The summed E-state index contributed by atoms with van der Waals surface area (Å²) >= 11 is 0. The summed E-state index contributed by atoms with van der Waals surface area (Å²) in [6.45, 7) is 9.90. The Morgan fingerprint density at radius 3 is 2.60 bits per heavy atom. The Kier molecular flexibility index (Phi) is 4.60. The number of nitrogens with two attached hydrogens (primary N) is 1. The predicted molar refractivity (Wildman–Crippen MR) is 64.8 cm³/mol. The highest BCUT2D eigenvalue weighted by atomic mass is 16.5. The Bertz CT molecular complexity index is 189. The van der Waals surface area contributed by atoms with Crippen molar-refractivity contribution in [1.82, 2.24) is 0 Å². The second-order valence-electron chi connectivity index (χ2n) is 6.17. The van der Waals surface area contributed by atoms with Gasteiger partial charge >= 0.3 is 0 Å². The van der Waals surface area contributed by atoms with Crippen molar-refractivity contribution in [2.75, 3.05) is 6.61 Å². The average molecular weight is 213 g/mol. The third-order valence-corrected chi connectivity index (χ3v) is 3.27. The molecule has 0 aliphatic heterocycles. The van der Waals surface area contributed by atoms with Crippen LogP contribution in [-0.2, 0) is 4.74 Å². The van der Waals surface area contributed by atoms with Crippen molar-refractivity contribution in [2.24, 2.45) is 17.1 Å². The Hall–Kier alpha value is -0.0800. The molecule has 0 aromatic carbocycles. The second-order valence-corrected chi connectivity index (χ2v) is 6.17. The van der Waals surface area contributed by atoms with E-state index in [0.29, 0.717) is 11.5 Å². The van der Waals surface area contributed by atoms with E-state index in [-0.39, 0.29) is 6.04 Å². The molecule has 0 heterocycles. The quantitative estimate of drug-likeness (QED) is 0.779. The lowest BCUT2D eigenvalue weighted by atomic mass is 9.71. The molecule has 0 aromatic rings. The smallest absolute Gasteiger partial charge is 0.0582 e. The van der Waals surface area contributed by atoms with Gasteiger partial charge < -0.3 is 10.5 Å². The third kappa shape index (κ3) is 4.98. The van der Waals surface area contributed by atoms with Gasteiger partial charge in [0, 0.05) is 12.6 Å². The van der Waals surface area contributed by atoms with Crippen LogP contribution in [0.1, 0.15) is 53.4 Å². The topological polar surface area (TPSA) is 35.2 Å². The summed E-state index contributed by atoms with van der Waals surface area (Å²) in [6.07, 6.45) is 5.20. The van der Waals surface area contributed by atoms with Crippen LogP contribution in [0, 0.1) is 11.3 Å². The summed E-state index contributed by atoms with van der Waals surface area (Å²) in [5.41, 5.74) is 6.16. The van der Waals surface area contributed by atoms with Crippen molar-refractivity contribution < 1.29 is 4.74 Å². The zero-order valence-corrected chi connectivity index (χ0v) is 10.8. The molecule has 1 aliphatic rings. The van der Waals surface area contributed by atoms with Gasteiger partial charge in [-0.15, -0.1) is 0 Å². The molecule has 0 spiro atoms. The molecule has 15 heavy (non-hydrogen) atoms. The van der Waals surface area contributed by atoms with E-state index < -0.39 is 0 Å². The normalized spacial score (nSPS) is 32.6. The van der Waals surface area contributed by atoms with Gasteiger partial charge in [0.2, 0.25) is 0 Å². The molecule has 2 nitrogen and oxygen atoms in total. The van der Waals surface area contributed by atoms with Gasteiger partial charge in [-0.3, -0.25) is 0 Å². The van der Waals surface area contributed by atoms with Crippen molar-refractivity contribution in [3.63, 3.8) is 0 Å². The minimum atomic E-state index is 0.263. The van der Waals surface area contributed by atoms with E-state index in [0.717, 1.165) is 18.9 Å². The Labute approximate surface area is 94.6 Å². The predicted octanol–water partition coefficient (Wildman–Crippen LogP) is 2.96. The van der Waals surface area contributed by atoms with Gasteiger partial charge in [0.1, 0.15) is 0 Å². The van der Waals surface area contributed by atoms with Crippen LogP contribution in [0.4, 0.5) is 0 Å². The fourth-order valence-corrected chi connectivity index (χ4v) is 2.81. The zero-order valence-electron chi connectivity index (χ0n) is 10.8. The molecular formula is C13H27NO. The van der Waals surface area contributed by atoms with Crippen LogP contribution < -0.4 is 5.73 Å². The van der Waals surface area contributed by atoms with Crippen molar-refractivity contribution in [1.29, 1.82) is 0 Å². The van der Waals surface area contributed by atoms with Crippen LogP contribution in [0.15, 0.2) is 0 Å². The lowest BCUT2D eigenvalue weighted by Gasteiger charge is -2.38. The fraction of sp³-hybridized carbons (Fsp3) is 1.00. The largest absolute Gasteiger partial charge is 0.378 e. The van der Waals surface area contributed by atoms with E-state index in [4.69, 9.17) is 10.5 Å². The van der Waals surface area contributed by atoms with Crippen LogP contribution in [0.5, 0.6) is 0 Å². The highest BCUT2D eigenvalue weighted by molar-refractivity contribution is 4.83. The van der Waals surface area contributed by atoms with E-state index in [1.807, 2.05) is 6.92 Å². The Morgan fingerprint density at radius 1 is 1.40 bits per heavy atom. The highest BCUT2D eigenvalue weighted by Gasteiger charge is 2.32. The molecule has 90 valence electrons. The summed E-state index contributed by atoms with van der Waals surface area (Å²) in [7, 11) is 0. The molecule has 2 heteroatoms. The van der Waals surface area contributed by atoms with Crippen LogP contribution in [0.3, 0.4) is 0 Å². The summed E-state index contributed by atoms with van der Waals surface area (Å²) < 4.78 is 5.92. The first-order valence-corrected chi connectivity index (χ1v) is 6.26. The first kappa shape index (κ1) is 13.0. The van der Waals surface area contributed by atoms with E-state index in [9.17, 15) is 0 Å². The first-order chi connectivity index (χ1) is 6.89. The second kappa shape index (κ2) is 5.31. The fourth-order valence-electron chi connectivity index (χ4n) is 2.81. The maximum Gasteiger partial charge on any atom is 0.0582 e. The van der Waals surface area contributed by atoms with Crippen LogP contribution >= 0.6 is 0 Å². The Morgan fingerprint density at radius 2 is 2.07 bits per heavy atom. The van der Waals surface area contributed by atoms with Gasteiger partial charge in [0.25, 0.3) is 0 Å². The molecule has 1 rings (SSSR count). The molecule has 2 N–H and O–H groups in total. The van der Waals surface area contributed by atoms with Crippen LogP contribution in [0.2, 0.25) is 0 Å². The maximum atomic E-state index is 5.92. The van der Waals surface area contributed by atoms with Crippen molar-refractivity contribution in [2.45, 2.75) is 65.5 Å². The minimum absolute atomic E-state index is 0.263. The summed E-state index contributed by atoms with van der Waals surface area (Å²) in [5.74, 6) is 0.800. The number of hydrogen-bond acceptors (Lipinski definition) is 2. The van der Waals surface area contributed by atoms with E-state index >= 15 is 0 Å². The lowest BCUT2D eigenvalue weighted by molar-refractivity contribution is -0.0245. The number of rotatable bonds is 4. The van der Waals surface area contributed by atoms with Crippen molar-refractivity contribution >= 4 is 0 Å². The maximum absolute atomic E-state index is 5.92. The summed E-state index contributed by atoms with van der Waals surface area (Å²) in [5, 5.41) is 0. The number of ether oxygens (including phenoxy) is 1. The van der Waals surface area contributed by atoms with Gasteiger partial charge in [0.15, 0.2) is 0 Å². The van der Waals surface area contributed by atoms with Crippen LogP contribution in [0.25, 0.3) is 0 Å². The minimum Gasteiger partial charge on any atom is -0.378 e.